The van der Waals surface area contributed by atoms with Gasteiger partial charge in [-0.1, -0.05) is 66.4 Å². The molecule has 0 saturated carbocycles. The highest BCUT2D eigenvalue weighted by molar-refractivity contribution is 8.00. The van der Waals surface area contributed by atoms with E-state index in [1.165, 1.54) is 33.0 Å². The third-order valence-corrected chi connectivity index (χ3v) is 7.86. The number of thioether (sulfide) groups is 1. The predicted molar refractivity (Wildman–Crippen MR) is 132 cm³/mol. The molecule has 0 aliphatic carbocycles. The van der Waals surface area contributed by atoms with Crippen molar-refractivity contribution in [1.29, 1.82) is 0 Å². The molecule has 1 heterocycles. The van der Waals surface area contributed by atoms with Crippen molar-refractivity contribution in [2.75, 3.05) is 15.9 Å². The molecule has 0 aliphatic heterocycles. The molecule has 0 fully saturated rings. The zero-order valence-electron chi connectivity index (χ0n) is 18.4. The van der Waals surface area contributed by atoms with Crippen LogP contribution >= 0.6 is 23.1 Å². The first-order valence-corrected chi connectivity index (χ1v) is 13.7. The number of carbonyl (C=O) groups is 1. The Bertz CT molecular complexity index is 1160. The van der Waals surface area contributed by atoms with E-state index in [1.54, 1.807) is 19.1 Å². The quantitative estimate of drug-likeness (QED) is 0.347. The van der Waals surface area contributed by atoms with Crippen molar-refractivity contribution in [1.82, 2.24) is 10.2 Å². The number of hydrogen-bond donors (Lipinski definition) is 1. The Morgan fingerprint density at radius 3 is 2.38 bits per heavy atom. The van der Waals surface area contributed by atoms with Crippen LogP contribution in [0.15, 0.2) is 52.9 Å². The zero-order chi connectivity index (χ0) is 23.3. The first-order chi connectivity index (χ1) is 15.2. The van der Waals surface area contributed by atoms with E-state index in [2.05, 4.69) is 15.5 Å². The molecule has 1 atom stereocenters. The van der Waals surface area contributed by atoms with Gasteiger partial charge in [0.1, 0.15) is 6.04 Å². The summed E-state index contributed by atoms with van der Waals surface area (Å²) in [6.45, 7) is 5.58. The van der Waals surface area contributed by atoms with Crippen LogP contribution in [0.1, 0.15) is 30.0 Å². The fourth-order valence-corrected chi connectivity index (χ4v) is 6.27. The van der Waals surface area contributed by atoms with E-state index < -0.39 is 22.0 Å². The average Bonchev–Trinajstić information content (AvgIpc) is 3.16. The Balaban J connectivity index is 1.76. The lowest BCUT2D eigenvalue weighted by molar-refractivity contribution is -0.117. The molecule has 32 heavy (non-hydrogen) atoms. The second kappa shape index (κ2) is 10.5. The van der Waals surface area contributed by atoms with Crippen molar-refractivity contribution in [3.8, 4) is 0 Å². The normalized spacial score (nSPS) is 12.4. The van der Waals surface area contributed by atoms with Crippen LogP contribution in [-0.4, -0.2) is 36.8 Å². The fraction of sp³-hybridized carbons (Fsp3) is 0.318. The van der Waals surface area contributed by atoms with Gasteiger partial charge in [-0.25, -0.2) is 8.42 Å². The van der Waals surface area contributed by atoms with Crippen molar-refractivity contribution in [2.24, 2.45) is 0 Å². The van der Waals surface area contributed by atoms with Crippen LogP contribution in [0.3, 0.4) is 0 Å². The molecule has 0 saturated heterocycles. The van der Waals surface area contributed by atoms with Gasteiger partial charge in [0.05, 0.1) is 11.9 Å². The minimum Gasteiger partial charge on any atom is -0.299 e. The van der Waals surface area contributed by atoms with E-state index >= 15 is 0 Å². The van der Waals surface area contributed by atoms with Crippen LogP contribution in [0.2, 0.25) is 0 Å². The lowest BCUT2D eigenvalue weighted by atomic mass is 10.1. The highest BCUT2D eigenvalue weighted by Crippen LogP contribution is 2.29. The second-order valence-electron chi connectivity index (χ2n) is 7.47. The standard InChI is InChI=1S/C22H26N4O3S3/c1-5-19(26(32(4,28)29)18-12-15(2)11-16(3)13-18)20(27)23-21-24-25-22(31-21)30-14-17-9-7-6-8-10-17/h6-13,19H,5,14H2,1-4H3,(H,23,24,27). The van der Waals surface area contributed by atoms with E-state index in [4.69, 9.17) is 0 Å². The number of nitrogens with one attached hydrogen (secondary N) is 1. The molecule has 0 radical (unpaired) electrons. The number of amides is 1. The Kier molecular flexibility index (Phi) is 7.91. The lowest BCUT2D eigenvalue weighted by Gasteiger charge is -2.30. The minimum absolute atomic E-state index is 0.306. The van der Waals surface area contributed by atoms with Gasteiger partial charge in [-0.05, 0) is 49.1 Å². The molecule has 0 aliphatic rings. The monoisotopic (exact) mass is 490 g/mol. The van der Waals surface area contributed by atoms with Gasteiger partial charge < -0.3 is 0 Å². The SMILES string of the molecule is CCC(C(=O)Nc1nnc(SCc2ccccc2)s1)N(c1cc(C)cc(C)c1)S(C)(=O)=O. The Hall–Kier alpha value is -2.43. The number of carbonyl (C=O) groups excluding carboxylic acids is 1. The predicted octanol–water partition coefficient (Wildman–Crippen LogP) is 4.63. The maximum absolute atomic E-state index is 13.1. The van der Waals surface area contributed by atoms with E-state index in [-0.39, 0.29) is 0 Å². The van der Waals surface area contributed by atoms with Gasteiger partial charge in [-0.3, -0.25) is 14.4 Å². The maximum atomic E-state index is 13.1. The van der Waals surface area contributed by atoms with Gasteiger partial charge in [0.2, 0.25) is 21.1 Å². The first kappa shape index (κ1) is 24.2. The van der Waals surface area contributed by atoms with Crippen LogP contribution in [0, 0.1) is 13.8 Å². The van der Waals surface area contributed by atoms with Gasteiger partial charge in [-0.2, -0.15) is 0 Å². The molecule has 0 spiro atoms. The number of aromatic nitrogens is 2. The first-order valence-electron chi connectivity index (χ1n) is 10.1. The number of rotatable bonds is 9. The molecule has 2 aromatic carbocycles. The molecular formula is C22H26N4O3S3. The van der Waals surface area contributed by atoms with Gasteiger partial charge >= 0.3 is 0 Å². The van der Waals surface area contributed by atoms with Crippen LogP contribution in [-0.2, 0) is 20.6 Å². The largest absolute Gasteiger partial charge is 0.299 e. The third-order valence-electron chi connectivity index (χ3n) is 4.63. The molecule has 7 nitrogen and oxygen atoms in total. The summed E-state index contributed by atoms with van der Waals surface area (Å²) < 4.78 is 27.2. The molecular weight excluding hydrogens is 464 g/mol. The highest BCUT2D eigenvalue weighted by Gasteiger charge is 2.32. The Morgan fingerprint density at radius 1 is 1.12 bits per heavy atom. The summed E-state index contributed by atoms with van der Waals surface area (Å²) in [7, 11) is -3.70. The average molecular weight is 491 g/mol. The molecule has 0 bridgehead atoms. The van der Waals surface area contributed by atoms with Crippen molar-refractivity contribution >= 4 is 49.8 Å². The Labute approximate surface area is 197 Å². The number of benzene rings is 2. The molecule has 1 aromatic heterocycles. The smallest absolute Gasteiger partial charge is 0.250 e. The topological polar surface area (TPSA) is 92.3 Å². The van der Waals surface area contributed by atoms with E-state index in [1.807, 2.05) is 50.2 Å². The maximum Gasteiger partial charge on any atom is 0.250 e. The van der Waals surface area contributed by atoms with Crippen molar-refractivity contribution in [2.45, 2.75) is 43.3 Å². The molecule has 1 amide bonds. The van der Waals surface area contributed by atoms with Gasteiger partial charge in [0, 0.05) is 5.75 Å². The molecule has 3 rings (SSSR count). The van der Waals surface area contributed by atoms with Gasteiger partial charge in [-0.15, -0.1) is 10.2 Å². The van der Waals surface area contributed by atoms with Crippen LogP contribution < -0.4 is 9.62 Å². The third kappa shape index (κ3) is 6.30. The molecule has 1 N–H and O–H groups in total. The van der Waals surface area contributed by atoms with Crippen molar-refractivity contribution in [3.05, 3.63) is 65.2 Å². The number of aryl methyl sites for hydroxylation is 2. The van der Waals surface area contributed by atoms with Crippen molar-refractivity contribution in [3.63, 3.8) is 0 Å². The minimum atomic E-state index is -3.70. The summed E-state index contributed by atoms with van der Waals surface area (Å²) in [5, 5.41) is 11.3. The molecule has 1 unspecified atom stereocenters. The van der Waals surface area contributed by atoms with Gasteiger partial charge in [0.15, 0.2) is 4.34 Å². The number of hydrogen-bond acceptors (Lipinski definition) is 7. The second-order valence-corrected chi connectivity index (χ2v) is 11.5. The summed E-state index contributed by atoms with van der Waals surface area (Å²) in [4.78, 5) is 13.1. The van der Waals surface area contributed by atoms with Gasteiger partial charge in [0.25, 0.3) is 0 Å². The summed E-state index contributed by atoms with van der Waals surface area (Å²) in [6.07, 6.45) is 1.42. The number of nitrogens with zero attached hydrogens (tertiary/aromatic N) is 3. The Morgan fingerprint density at radius 2 is 1.78 bits per heavy atom. The number of sulfonamides is 1. The summed E-state index contributed by atoms with van der Waals surface area (Å²) >= 11 is 2.80. The van der Waals surface area contributed by atoms with Crippen molar-refractivity contribution < 1.29 is 13.2 Å². The van der Waals surface area contributed by atoms with E-state index in [9.17, 15) is 13.2 Å². The summed E-state index contributed by atoms with van der Waals surface area (Å²) in [5.74, 6) is 0.308. The van der Waals surface area contributed by atoms with Crippen LogP contribution in [0.4, 0.5) is 10.8 Å². The highest BCUT2D eigenvalue weighted by atomic mass is 32.2. The zero-order valence-corrected chi connectivity index (χ0v) is 20.9. The molecule has 3 aromatic rings. The van der Waals surface area contributed by atoms with Crippen LogP contribution in [0.5, 0.6) is 0 Å². The lowest BCUT2D eigenvalue weighted by Crippen LogP contribution is -2.47. The van der Waals surface area contributed by atoms with E-state index in [0.717, 1.165) is 27.5 Å². The number of anilines is 2. The van der Waals surface area contributed by atoms with Crippen LogP contribution in [0.25, 0.3) is 0 Å². The molecule has 170 valence electrons. The van der Waals surface area contributed by atoms with E-state index in [0.29, 0.717) is 17.2 Å². The molecule has 10 heteroatoms. The summed E-state index contributed by atoms with van der Waals surface area (Å²) in [6, 6.07) is 14.6. The fourth-order valence-electron chi connectivity index (χ4n) is 3.36. The summed E-state index contributed by atoms with van der Waals surface area (Å²) in [5.41, 5.74) is 3.49.